The molecule has 0 saturated carbocycles. The van der Waals surface area contributed by atoms with Crippen LogP contribution in [0.15, 0.2) is 18.2 Å². The van der Waals surface area contributed by atoms with Crippen molar-refractivity contribution in [3.63, 3.8) is 0 Å². The van der Waals surface area contributed by atoms with Gasteiger partial charge in [0, 0.05) is 24.8 Å². The van der Waals surface area contributed by atoms with Gasteiger partial charge in [-0.05, 0) is 30.0 Å². The summed E-state index contributed by atoms with van der Waals surface area (Å²) in [6.07, 6.45) is -9.29. The van der Waals surface area contributed by atoms with Crippen LogP contribution in [0, 0.1) is 5.41 Å². The molecule has 0 aromatic heterocycles. The molecule has 3 N–H and O–H groups in total. The van der Waals surface area contributed by atoms with Crippen LogP contribution in [0.25, 0.3) is 0 Å². The van der Waals surface area contributed by atoms with E-state index in [1.54, 1.807) is 4.90 Å². The van der Waals surface area contributed by atoms with Crippen LogP contribution in [0.1, 0.15) is 31.4 Å². The highest BCUT2D eigenvalue weighted by Crippen LogP contribution is 2.37. The van der Waals surface area contributed by atoms with Crippen LogP contribution in [0.2, 0.25) is 0 Å². The molecule has 1 fully saturated rings. The van der Waals surface area contributed by atoms with Gasteiger partial charge in [-0.15, -0.1) is 0 Å². The molecule has 1 unspecified atom stereocenters. The first-order valence-electron chi connectivity index (χ1n) is 8.26. The zero-order valence-corrected chi connectivity index (χ0v) is 14.8. The molecular formula is C17H21F6N3O. The predicted molar refractivity (Wildman–Crippen MR) is 87.9 cm³/mol. The number of alkyl halides is 6. The fraction of sp³-hybridized carbons (Fsp3) is 0.588. The summed E-state index contributed by atoms with van der Waals surface area (Å²) < 4.78 is 77.2. The Kier molecular flexibility index (Phi) is 5.82. The molecule has 0 radical (unpaired) electrons. The number of amides is 1. The van der Waals surface area contributed by atoms with E-state index in [-0.39, 0.29) is 24.1 Å². The first-order valence-corrected chi connectivity index (χ1v) is 8.26. The molecule has 152 valence electrons. The number of anilines is 1. The monoisotopic (exact) mass is 397 g/mol. The lowest BCUT2D eigenvalue weighted by Crippen LogP contribution is -2.53. The van der Waals surface area contributed by atoms with Crippen molar-refractivity contribution in [3.8, 4) is 0 Å². The van der Waals surface area contributed by atoms with Gasteiger partial charge >= 0.3 is 12.4 Å². The van der Waals surface area contributed by atoms with Crippen molar-refractivity contribution in [2.24, 2.45) is 11.1 Å². The smallest absolute Gasteiger partial charge is 0.327 e. The lowest BCUT2D eigenvalue weighted by Gasteiger charge is -2.42. The van der Waals surface area contributed by atoms with E-state index in [1.807, 2.05) is 13.8 Å². The summed E-state index contributed by atoms with van der Waals surface area (Å²) in [5.74, 6) is -0.686. The molecule has 1 aromatic carbocycles. The minimum absolute atomic E-state index is 0.0181. The number of benzene rings is 1. The van der Waals surface area contributed by atoms with E-state index in [9.17, 15) is 31.1 Å². The molecule has 1 aromatic rings. The molecule has 1 saturated heterocycles. The van der Waals surface area contributed by atoms with Crippen molar-refractivity contribution >= 4 is 11.6 Å². The molecule has 27 heavy (non-hydrogen) atoms. The molecule has 10 heteroatoms. The maximum atomic E-state index is 12.9. The number of carbonyl (C=O) groups is 1. The number of rotatable bonds is 3. The molecule has 0 spiro atoms. The quantitative estimate of drug-likeness (QED) is 0.765. The van der Waals surface area contributed by atoms with Crippen molar-refractivity contribution < 1.29 is 31.1 Å². The molecule has 1 amide bonds. The van der Waals surface area contributed by atoms with E-state index in [0.29, 0.717) is 31.6 Å². The van der Waals surface area contributed by atoms with Crippen LogP contribution in [-0.2, 0) is 17.1 Å². The highest BCUT2D eigenvalue weighted by molar-refractivity contribution is 5.92. The lowest BCUT2D eigenvalue weighted by atomic mass is 9.80. The maximum absolute atomic E-state index is 12.9. The summed E-state index contributed by atoms with van der Waals surface area (Å²) in [6.45, 7) is 4.74. The third-order valence-corrected chi connectivity index (χ3v) is 4.63. The Morgan fingerprint density at radius 3 is 2.11 bits per heavy atom. The number of nitrogens with two attached hydrogens (primary N) is 1. The van der Waals surface area contributed by atoms with E-state index in [0.717, 1.165) is 0 Å². The van der Waals surface area contributed by atoms with Crippen LogP contribution in [0.3, 0.4) is 0 Å². The average molecular weight is 397 g/mol. The van der Waals surface area contributed by atoms with Crippen LogP contribution >= 0.6 is 0 Å². The van der Waals surface area contributed by atoms with Gasteiger partial charge < -0.3 is 11.1 Å². The van der Waals surface area contributed by atoms with Gasteiger partial charge in [-0.25, -0.2) is 0 Å². The van der Waals surface area contributed by atoms with Gasteiger partial charge in [-0.3, -0.25) is 9.69 Å². The highest BCUT2D eigenvalue weighted by Gasteiger charge is 2.37. The molecule has 1 aliphatic rings. The van der Waals surface area contributed by atoms with Crippen molar-refractivity contribution in [1.29, 1.82) is 0 Å². The van der Waals surface area contributed by atoms with Crippen molar-refractivity contribution in [1.82, 2.24) is 4.90 Å². The van der Waals surface area contributed by atoms with Gasteiger partial charge in [0.15, 0.2) is 0 Å². The number of likely N-dealkylation sites (tertiary alicyclic amines) is 1. The summed E-state index contributed by atoms with van der Waals surface area (Å²) >= 11 is 0. The summed E-state index contributed by atoms with van der Waals surface area (Å²) in [7, 11) is 0. The number of piperidine rings is 1. The zero-order chi connectivity index (χ0) is 20.6. The Bertz CT molecular complexity index is 667. The molecule has 2 rings (SSSR count). The van der Waals surface area contributed by atoms with E-state index >= 15 is 0 Å². The number of nitrogens with one attached hydrogen (secondary N) is 1. The number of carbonyl (C=O) groups excluding carboxylic acids is 1. The second kappa shape index (κ2) is 7.31. The second-order valence-electron chi connectivity index (χ2n) is 7.44. The number of hydrogen-bond donors (Lipinski definition) is 2. The van der Waals surface area contributed by atoms with Gasteiger partial charge in [-0.1, -0.05) is 13.8 Å². The third-order valence-electron chi connectivity index (χ3n) is 4.63. The highest BCUT2D eigenvalue weighted by atomic mass is 19.4. The average Bonchev–Trinajstić information content (AvgIpc) is 2.48. The SMILES string of the molecule is CC1(C)CN(CC(=O)Nc2cc(C(F)(F)F)cc(C(F)(F)F)c2)CCC1N. The van der Waals surface area contributed by atoms with E-state index in [1.165, 1.54) is 0 Å². The Hall–Kier alpha value is -1.81. The van der Waals surface area contributed by atoms with Crippen molar-refractivity contribution in [3.05, 3.63) is 29.3 Å². The molecule has 1 atom stereocenters. The molecule has 4 nitrogen and oxygen atoms in total. The summed E-state index contributed by atoms with van der Waals surface area (Å²) in [6, 6.07) is 0.950. The summed E-state index contributed by atoms with van der Waals surface area (Å²) in [5, 5.41) is 2.14. The van der Waals surface area contributed by atoms with Gasteiger partial charge in [0.1, 0.15) is 0 Å². The van der Waals surface area contributed by atoms with Gasteiger partial charge in [0.25, 0.3) is 0 Å². The third kappa shape index (κ3) is 5.58. The molecule has 0 bridgehead atoms. The number of hydrogen-bond acceptors (Lipinski definition) is 3. The Morgan fingerprint density at radius 2 is 1.67 bits per heavy atom. The van der Waals surface area contributed by atoms with E-state index in [2.05, 4.69) is 5.32 Å². The topological polar surface area (TPSA) is 58.4 Å². The van der Waals surface area contributed by atoms with Crippen molar-refractivity contribution in [2.75, 3.05) is 25.0 Å². The van der Waals surface area contributed by atoms with Crippen LogP contribution in [0.4, 0.5) is 32.0 Å². The van der Waals surface area contributed by atoms with Crippen LogP contribution in [0.5, 0.6) is 0 Å². The minimum atomic E-state index is -4.96. The first kappa shape index (κ1) is 21.5. The number of halogens is 6. The van der Waals surface area contributed by atoms with Gasteiger partial charge in [-0.2, -0.15) is 26.3 Å². The number of nitrogens with zero attached hydrogens (tertiary/aromatic N) is 1. The minimum Gasteiger partial charge on any atom is -0.327 e. The fourth-order valence-electron chi connectivity index (χ4n) is 3.05. The predicted octanol–water partition coefficient (Wildman–Crippen LogP) is 3.72. The Morgan fingerprint density at radius 1 is 1.15 bits per heavy atom. The Labute approximate surface area is 152 Å². The van der Waals surface area contributed by atoms with Gasteiger partial charge in [0.05, 0.1) is 17.7 Å². The summed E-state index contributed by atoms with van der Waals surface area (Å²) in [4.78, 5) is 13.9. The fourth-order valence-corrected chi connectivity index (χ4v) is 3.05. The van der Waals surface area contributed by atoms with E-state index < -0.39 is 35.1 Å². The standard InChI is InChI=1S/C17H21F6N3O/c1-15(2)9-26(4-3-13(15)24)8-14(27)25-12-6-10(16(18,19)20)5-11(7-12)17(21,22)23/h5-7,13H,3-4,8-9,24H2,1-2H3,(H,25,27). The molecular weight excluding hydrogens is 376 g/mol. The molecule has 1 heterocycles. The van der Waals surface area contributed by atoms with Crippen molar-refractivity contribution in [2.45, 2.75) is 38.7 Å². The van der Waals surface area contributed by atoms with Gasteiger partial charge in [0.2, 0.25) is 5.91 Å². The first-order chi connectivity index (χ1) is 12.2. The van der Waals surface area contributed by atoms with Crippen LogP contribution < -0.4 is 11.1 Å². The van der Waals surface area contributed by atoms with Crippen LogP contribution in [-0.4, -0.2) is 36.5 Å². The second-order valence-corrected chi connectivity index (χ2v) is 7.44. The molecule has 1 aliphatic heterocycles. The lowest BCUT2D eigenvalue weighted by molar-refractivity contribution is -0.143. The molecule has 0 aliphatic carbocycles. The normalized spacial score (nSPS) is 21.1. The largest absolute Gasteiger partial charge is 0.416 e. The maximum Gasteiger partial charge on any atom is 0.416 e. The summed E-state index contributed by atoms with van der Waals surface area (Å²) in [5.41, 5.74) is 2.26. The van der Waals surface area contributed by atoms with E-state index in [4.69, 9.17) is 5.73 Å². The Balaban J connectivity index is 2.15. The zero-order valence-electron chi connectivity index (χ0n) is 14.8.